The minimum Gasteiger partial charge on any atom is -0.398 e. The summed E-state index contributed by atoms with van der Waals surface area (Å²) in [6.07, 6.45) is 1.69. The fourth-order valence-corrected chi connectivity index (χ4v) is 1.32. The number of hydrogen-bond donors (Lipinski definition) is 3. The number of anilines is 2. The summed E-state index contributed by atoms with van der Waals surface area (Å²) in [6.45, 7) is 7.52. The van der Waals surface area contributed by atoms with Crippen molar-refractivity contribution in [2.24, 2.45) is 0 Å². The van der Waals surface area contributed by atoms with E-state index in [9.17, 15) is 4.79 Å². The Hall–Kier alpha value is -1.78. The van der Waals surface area contributed by atoms with Crippen molar-refractivity contribution in [3.05, 3.63) is 17.8 Å². The summed E-state index contributed by atoms with van der Waals surface area (Å²) in [5.74, 6) is 0.556. The maximum absolute atomic E-state index is 11.7. The Kier molecular flexibility index (Phi) is 4.31. The summed E-state index contributed by atoms with van der Waals surface area (Å²) in [5.41, 5.74) is 7.36. The van der Waals surface area contributed by atoms with E-state index in [-0.39, 0.29) is 18.0 Å². The summed E-state index contributed by atoms with van der Waals surface area (Å²) in [7, 11) is 0. The Balaban J connectivity index is 2.64. The first-order valence-electron chi connectivity index (χ1n) is 5.69. The number of amides is 1. The van der Waals surface area contributed by atoms with Gasteiger partial charge in [0.2, 0.25) is 5.91 Å². The van der Waals surface area contributed by atoms with Gasteiger partial charge in [-0.2, -0.15) is 0 Å². The quantitative estimate of drug-likeness (QED) is 0.736. The molecule has 4 N–H and O–H groups in total. The van der Waals surface area contributed by atoms with Crippen LogP contribution in [0.5, 0.6) is 0 Å². The number of carbonyl (C=O) groups is 1. The second kappa shape index (κ2) is 5.52. The van der Waals surface area contributed by atoms with Gasteiger partial charge in [-0.3, -0.25) is 4.79 Å². The fourth-order valence-electron chi connectivity index (χ4n) is 1.32. The molecule has 1 aromatic heterocycles. The molecule has 0 bridgehead atoms. The van der Waals surface area contributed by atoms with Gasteiger partial charge in [0.05, 0.1) is 0 Å². The number of aryl methyl sites for hydroxylation is 1. The number of rotatable bonds is 4. The molecule has 0 radical (unpaired) electrons. The van der Waals surface area contributed by atoms with Gasteiger partial charge in [0.25, 0.3) is 0 Å². The Morgan fingerprint density at radius 2 is 2.06 bits per heavy atom. The molecule has 0 aliphatic rings. The van der Waals surface area contributed by atoms with Gasteiger partial charge in [0.15, 0.2) is 0 Å². The van der Waals surface area contributed by atoms with Crippen molar-refractivity contribution in [3.8, 4) is 0 Å². The molecule has 1 atom stereocenters. The van der Waals surface area contributed by atoms with E-state index in [0.29, 0.717) is 11.5 Å². The zero-order valence-corrected chi connectivity index (χ0v) is 10.7. The maximum atomic E-state index is 11.7. The van der Waals surface area contributed by atoms with Crippen LogP contribution in [0.3, 0.4) is 0 Å². The molecule has 1 heterocycles. The number of nitrogens with one attached hydrogen (secondary N) is 2. The first-order chi connectivity index (χ1) is 7.90. The predicted molar refractivity (Wildman–Crippen MR) is 69.7 cm³/mol. The lowest BCUT2D eigenvalue weighted by atomic mass is 10.2. The topological polar surface area (TPSA) is 80.0 Å². The molecule has 0 aliphatic carbocycles. The Labute approximate surface area is 102 Å². The van der Waals surface area contributed by atoms with Gasteiger partial charge in [-0.1, -0.05) is 0 Å². The molecule has 0 saturated heterocycles. The second-order valence-corrected chi connectivity index (χ2v) is 4.46. The van der Waals surface area contributed by atoms with Crippen LogP contribution in [-0.4, -0.2) is 23.0 Å². The lowest BCUT2D eigenvalue weighted by Crippen LogP contribution is -2.41. The molecule has 17 heavy (non-hydrogen) atoms. The Morgan fingerprint density at radius 1 is 1.41 bits per heavy atom. The molecule has 0 aliphatic heterocycles. The van der Waals surface area contributed by atoms with Crippen LogP contribution in [0.25, 0.3) is 0 Å². The molecule has 0 spiro atoms. The largest absolute Gasteiger partial charge is 0.398 e. The minimum absolute atomic E-state index is 0.0547. The molecule has 1 amide bonds. The zero-order valence-electron chi connectivity index (χ0n) is 10.7. The highest BCUT2D eigenvalue weighted by Gasteiger charge is 2.13. The highest BCUT2D eigenvalue weighted by molar-refractivity contribution is 5.84. The van der Waals surface area contributed by atoms with E-state index >= 15 is 0 Å². The number of nitrogens with two attached hydrogens (primary N) is 1. The SMILES string of the molecule is Cc1cnc(NC(C)C(=O)NC(C)C)cc1N. The third-order valence-electron chi connectivity index (χ3n) is 2.33. The van der Waals surface area contributed by atoms with Crippen molar-refractivity contribution in [1.82, 2.24) is 10.3 Å². The Bertz CT molecular complexity index is 403. The normalized spacial score (nSPS) is 12.3. The van der Waals surface area contributed by atoms with Crippen molar-refractivity contribution in [2.75, 3.05) is 11.1 Å². The number of aromatic nitrogens is 1. The fraction of sp³-hybridized carbons (Fsp3) is 0.500. The van der Waals surface area contributed by atoms with Crippen LogP contribution < -0.4 is 16.4 Å². The molecule has 0 aromatic carbocycles. The standard InChI is InChI=1S/C12H20N4O/c1-7(2)15-12(17)9(4)16-11-5-10(13)8(3)6-14-11/h5-7,9H,1-4H3,(H,15,17)(H3,13,14,16). The van der Waals surface area contributed by atoms with Crippen LogP contribution in [0.2, 0.25) is 0 Å². The van der Waals surface area contributed by atoms with Gasteiger partial charge in [0, 0.05) is 24.0 Å². The van der Waals surface area contributed by atoms with Crippen LogP contribution in [-0.2, 0) is 4.79 Å². The number of carbonyl (C=O) groups excluding carboxylic acids is 1. The smallest absolute Gasteiger partial charge is 0.242 e. The number of hydrogen-bond acceptors (Lipinski definition) is 4. The minimum atomic E-state index is -0.341. The van der Waals surface area contributed by atoms with Gasteiger partial charge in [-0.15, -0.1) is 0 Å². The summed E-state index contributed by atoms with van der Waals surface area (Å²) in [5, 5.41) is 5.84. The number of nitrogens with zero attached hydrogens (tertiary/aromatic N) is 1. The second-order valence-electron chi connectivity index (χ2n) is 4.46. The van der Waals surface area contributed by atoms with Gasteiger partial charge >= 0.3 is 0 Å². The van der Waals surface area contributed by atoms with Crippen LogP contribution >= 0.6 is 0 Å². The third-order valence-corrected chi connectivity index (χ3v) is 2.33. The first-order valence-corrected chi connectivity index (χ1v) is 5.69. The van der Waals surface area contributed by atoms with E-state index in [2.05, 4.69) is 15.6 Å². The van der Waals surface area contributed by atoms with E-state index < -0.39 is 0 Å². The summed E-state index contributed by atoms with van der Waals surface area (Å²) in [4.78, 5) is 15.8. The molecule has 94 valence electrons. The van der Waals surface area contributed by atoms with Crippen molar-refractivity contribution in [2.45, 2.75) is 39.8 Å². The summed E-state index contributed by atoms with van der Waals surface area (Å²) < 4.78 is 0. The lowest BCUT2D eigenvalue weighted by Gasteiger charge is -2.16. The first kappa shape index (κ1) is 13.3. The molecule has 1 aromatic rings. The van der Waals surface area contributed by atoms with E-state index in [1.807, 2.05) is 20.8 Å². The maximum Gasteiger partial charge on any atom is 0.242 e. The third kappa shape index (κ3) is 3.94. The molecule has 5 nitrogen and oxygen atoms in total. The molecular formula is C12H20N4O. The molecule has 0 saturated carbocycles. The summed E-state index contributed by atoms with van der Waals surface area (Å²) >= 11 is 0. The zero-order chi connectivity index (χ0) is 13.0. The van der Waals surface area contributed by atoms with Crippen LogP contribution in [0.4, 0.5) is 11.5 Å². The van der Waals surface area contributed by atoms with Crippen LogP contribution in [0.15, 0.2) is 12.3 Å². The molecule has 0 fully saturated rings. The number of pyridine rings is 1. The van der Waals surface area contributed by atoms with Crippen molar-refractivity contribution in [1.29, 1.82) is 0 Å². The number of nitrogen functional groups attached to an aromatic ring is 1. The van der Waals surface area contributed by atoms with Crippen molar-refractivity contribution < 1.29 is 4.79 Å². The van der Waals surface area contributed by atoms with Gasteiger partial charge < -0.3 is 16.4 Å². The molecular weight excluding hydrogens is 216 g/mol. The van der Waals surface area contributed by atoms with Gasteiger partial charge in [0.1, 0.15) is 11.9 Å². The van der Waals surface area contributed by atoms with E-state index in [1.165, 1.54) is 0 Å². The Morgan fingerprint density at radius 3 is 2.59 bits per heavy atom. The van der Waals surface area contributed by atoms with E-state index in [4.69, 9.17) is 5.73 Å². The average molecular weight is 236 g/mol. The molecule has 5 heteroatoms. The van der Waals surface area contributed by atoms with Gasteiger partial charge in [-0.25, -0.2) is 4.98 Å². The summed E-state index contributed by atoms with van der Waals surface area (Å²) in [6, 6.07) is 1.52. The monoisotopic (exact) mass is 236 g/mol. The molecule has 1 rings (SSSR count). The van der Waals surface area contributed by atoms with Crippen molar-refractivity contribution >= 4 is 17.4 Å². The highest BCUT2D eigenvalue weighted by Crippen LogP contribution is 2.14. The highest BCUT2D eigenvalue weighted by atomic mass is 16.2. The van der Waals surface area contributed by atoms with Crippen LogP contribution in [0.1, 0.15) is 26.3 Å². The predicted octanol–water partition coefficient (Wildman–Crippen LogP) is 1.30. The molecule has 1 unspecified atom stereocenters. The van der Waals surface area contributed by atoms with E-state index in [0.717, 1.165) is 5.56 Å². The van der Waals surface area contributed by atoms with Gasteiger partial charge in [-0.05, 0) is 33.3 Å². The van der Waals surface area contributed by atoms with Crippen molar-refractivity contribution in [3.63, 3.8) is 0 Å². The van der Waals surface area contributed by atoms with Crippen LogP contribution in [0, 0.1) is 6.92 Å². The van der Waals surface area contributed by atoms with E-state index in [1.54, 1.807) is 19.2 Å². The average Bonchev–Trinajstić information content (AvgIpc) is 2.22. The lowest BCUT2D eigenvalue weighted by molar-refractivity contribution is -0.122.